The van der Waals surface area contributed by atoms with E-state index in [9.17, 15) is 31.4 Å². The van der Waals surface area contributed by atoms with Crippen LogP contribution in [0.1, 0.15) is 11.6 Å². The van der Waals surface area contributed by atoms with Gasteiger partial charge in [-0.1, -0.05) is 0 Å². The molecule has 0 aromatic heterocycles. The first-order valence-corrected chi connectivity index (χ1v) is 6.68. The largest absolute Gasteiger partial charge is 0.573 e. The average Bonchev–Trinajstić information content (AvgIpc) is 2.41. The molecule has 1 fully saturated rings. The zero-order valence-electron chi connectivity index (χ0n) is 11.7. The maximum atomic E-state index is 13.4. The van der Waals surface area contributed by atoms with E-state index in [1.807, 2.05) is 0 Å². The Labute approximate surface area is 127 Å². The highest BCUT2D eigenvalue weighted by Crippen LogP contribution is 2.43. The van der Waals surface area contributed by atoms with Crippen LogP contribution in [0.4, 0.5) is 26.3 Å². The second-order valence-electron chi connectivity index (χ2n) is 5.00. The molecule has 1 aromatic carbocycles. The van der Waals surface area contributed by atoms with Crippen LogP contribution >= 0.6 is 0 Å². The average molecular weight is 344 g/mol. The highest BCUT2D eigenvalue weighted by atomic mass is 19.4. The maximum Gasteiger partial charge on any atom is 0.573 e. The summed E-state index contributed by atoms with van der Waals surface area (Å²) in [5, 5.41) is 12.6. The Morgan fingerprint density at radius 1 is 1.09 bits per heavy atom. The second kappa shape index (κ2) is 6.44. The molecule has 0 amide bonds. The SMILES string of the molecule is Oc1ccc(OC(F)(F)F)cc1[C@@H](N1CCNCC1)C(F)(F)F. The van der Waals surface area contributed by atoms with Gasteiger partial charge in [-0.15, -0.1) is 13.2 Å². The van der Waals surface area contributed by atoms with Crippen LogP contribution in [0.2, 0.25) is 0 Å². The fraction of sp³-hybridized carbons (Fsp3) is 0.538. The maximum absolute atomic E-state index is 13.4. The summed E-state index contributed by atoms with van der Waals surface area (Å²) in [6, 6.07) is -0.112. The van der Waals surface area contributed by atoms with Gasteiger partial charge in [0.25, 0.3) is 0 Å². The van der Waals surface area contributed by atoms with Crippen molar-refractivity contribution in [2.75, 3.05) is 26.2 Å². The summed E-state index contributed by atoms with van der Waals surface area (Å²) in [6.07, 6.45) is -9.79. The number of alkyl halides is 6. The Morgan fingerprint density at radius 3 is 2.22 bits per heavy atom. The van der Waals surface area contributed by atoms with Crippen LogP contribution in [0.3, 0.4) is 0 Å². The number of halogens is 6. The molecule has 130 valence electrons. The van der Waals surface area contributed by atoms with E-state index in [1.54, 1.807) is 0 Å². The van der Waals surface area contributed by atoms with Crippen LogP contribution < -0.4 is 10.1 Å². The molecule has 2 rings (SSSR count). The summed E-state index contributed by atoms with van der Waals surface area (Å²) >= 11 is 0. The van der Waals surface area contributed by atoms with E-state index in [-0.39, 0.29) is 13.1 Å². The Balaban J connectivity index is 2.39. The topological polar surface area (TPSA) is 44.7 Å². The van der Waals surface area contributed by atoms with E-state index in [1.165, 1.54) is 0 Å². The zero-order chi connectivity index (χ0) is 17.3. The Kier molecular flexibility index (Phi) is 4.95. The molecular weight excluding hydrogens is 330 g/mol. The van der Waals surface area contributed by atoms with Gasteiger partial charge in [0.1, 0.15) is 17.5 Å². The summed E-state index contributed by atoms with van der Waals surface area (Å²) in [7, 11) is 0. The Bertz CT molecular complexity index is 540. The van der Waals surface area contributed by atoms with E-state index in [0.29, 0.717) is 19.2 Å². The van der Waals surface area contributed by atoms with Gasteiger partial charge < -0.3 is 15.2 Å². The third-order valence-electron chi connectivity index (χ3n) is 3.35. The molecule has 23 heavy (non-hydrogen) atoms. The Morgan fingerprint density at radius 2 is 1.70 bits per heavy atom. The molecule has 0 aliphatic carbocycles. The highest BCUT2D eigenvalue weighted by Gasteiger charge is 2.46. The summed E-state index contributed by atoms with van der Waals surface area (Å²) in [6.45, 7) is 0.722. The van der Waals surface area contributed by atoms with Gasteiger partial charge in [-0.3, -0.25) is 4.90 Å². The van der Waals surface area contributed by atoms with E-state index < -0.39 is 35.6 Å². The van der Waals surface area contributed by atoms with Gasteiger partial charge in [0.05, 0.1) is 0 Å². The van der Waals surface area contributed by atoms with Crippen molar-refractivity contribution in [1.82, 2.24) is 10.2 Å². The molecule has 2 N–H and O–H groups in total. The van der Waals surface area contributed by atoms with Gasteiger partial charge in [-0.25, -0.2) is 0 Å². The van der Waals surface area contributed by atoms with Gasteiger partial charge in [0, 0.05) is 31.7 Å². The lowest BCUT2D eigenvalue weighted by Crippen LogP contribution is -2.49. The van der Waals surface area contributed by atoms with Crippen molar-refractivity contribution < 1.29 is 36.2 Å². The van der Waals surface area contributed by atoms with E-state index in [0.717, 1.165) is 17.0 Å². The Hall–Kier alpha value is -1.68. The number of hydrogen-bond acceptors (Lipinski definition) is 4. The molecule has 0 saturated carbocycles. The van der Waals surface area contributed by atoms with Crippen molar-refractivity contribution in [2.45, 2.75) is 18.6 Å². The number of phenolic OH excluding ortho intramolecular Hbond substituents is 1. The van der Waals surface area contributed by atoms with E-state index in [2.05, 4.69) is 10.1 Å². The van der Waals surface area contributed by atoms with Gasteiger partial charge >= 0.3 is 12.5 Å². The predicted octanol–water partition coefficient (Wildman–Crippen LogP) is 2.80. The third-order valence-corrected chi connectivity index (χ3v) is 3.35. The number of benzene rings is 1. The molecule has 0 bridgehead atoms. The number of ether oxygens (including phenoxy) is 1. The first-order valence-electron chi connectivity index (χ1n) is 6.68. The number of phenols is 1. The van der Waals surface area contributed by atoms with Gasteiger partial charge in [0.2, 0.25) is 0 Å². The lowest BCUT2D eigenvalue weighted by atomic mass is 10.0. The molecule has 4 nitrogen and oxygen atoms in total. The fourth-order valence-electron chi connectivity index (χ4n) is 2.47. The molecule has 1 heterocycles. The number of hydrogen-bond donors (Lipinski definition) is 2. The van der Waals surface area contributed by atoms with Crippen LogP contribution in [0.25, 0.3) is 0 Å². The minimum Gasteiger partial charge on any atom is -0.508 e. The minimum absolute atomic E-state index is 0.0496. The van der Waals surface area contributed by atoms with Crippen molar-refractivity contribution in [1.29, 1.82) is 0 Å². The lowest BCUT2D eigenvalue weighted by molar-refractivity contribution is -0.274. The van der Waals surface area contributed by atoms with Gasteiger partial charge in [-0.05, 0) is 18.2 Å². The summed E-state index contributed by atoms with van der Waals surface area (Å²) in [4.78, 5) is 1.06. The molecule has 10 heteroatoms. The van der Waals surface area contributed by atoms with Crippen molar-refractivity contribution in [3.05, 3.63) is 23.8 Å². The zero-order valence-corrected chi connectivity index (χ0v) is 11.7. The van der Waals surface area contributed by atoms with Crippen LogP contribution in [-0.4, -0.2) is 48.7 Å². The molecule has 1 atom stereocenters. The summed E-state index contributed by atoms with van der Waals surface area (Å²) in [5.74, 6) is -1.55. The number of nitrogens with one attached hydrogen (secondary N) is 1. The highest BCUT2D eigenvalue weighted by molar-refractivity contribution is 5.42. The molecule has 1 aliphatic heterocycles. The summed E-state index contributed by atoms with van der Waals surface area (Å²) in [5.41, 5.74) is -0.666. The normalized spacial score (nSPS) is 18.7. The molecule has 1 aliphatic rings. The number of aromatic hydroxyl groups is 1. The molecular formula is C13H14F6N2O2. The van der Waals surface area contributed by atoms with Gasteiger partial charge in [0.15, 0.2) is 0 Å². The molecule has 0 spiro atoms. The van der Waals surface area contributed by atoms with Crippen LogP contribution in [0.15, 0.2) is 18.2 Å². The van der Waals surface area contributed by atoms with Crippen molar-refractivity contribution in [3.63, 3.8) is 0 Å². The first kappa shape index (κ1) is 17.7. The predicted molar refractivity (Wildman–Crippen MR) is 68.0 cm³/mol. The third kappa shape index (κ3) is 4.64. The van der Waals surface area contributed by atoms with Crippen molar-refractivity contribution >= 4 is 0 Å². The van der Waals surface area contributed by atoms with E-state index >= 15 is 0 Å². The summed E-state index contributed by atoms with van der Waals surface area (Å²) < 4.78 is 80.6. The molecule has 1 aromatic rings. The van der Waals surface area contributed by atoms with Crippen molar-refractivity contribution in [3.8, 4) is 11.5 Å². The number of rotatable bonds is 3. The van der Waals surface area contributed by atoms with Crippen LogP contribution in [-0.2, 0) is 0 Å². The molecule has 1 saturated heterocycles. The second-order valence-corrected chi connectivity index (χ2v) is 5.00. The van der Waals surface area contributed by atoms with Crippen LogP contribution in [0, 0.1) is 0 Å². The smallest absolute Gasteiger partial charge is 0.508 e. The van der Waals surface area contributed by atoms with Crippen LogP contribution in [0.5, 0.6) is 11.5 Å². The first-order chi connectivity index (χ1) is 10.6. The minimum atomic E-state index is -5.03. The molecule has 0 radical (unpaired) electrons. The lowest BCUT2D eigenvalue weighted by Gasteiger charge is -2.36. The number of piperazine rings is 1. The van der Waals surface area contributed by atoms with E-state index in [4.69, 9.17) is 0 Å². The monoisotopic (exact) mass is 344 g/mol. The molecule has 0 unspecified atom stereocenters. The number of nitrogens with zero attached hydrogens (tertiary/aromatic N) is 1. The quantitative estimate of drug-likeness (QED) is 0.828. The standard InChI is InChI=1S/C13H14F6N2O2/c14-12(15,16)11(21-5-3-20-4-6-21)9-7-8(1-2-10(9)22)23-13(17,18)19/h1-2,7,11,20,22H,3-6H2/t11-/m1/s1. The van der Waals surface area contributed by atoms with Crippen molar-refractivity contribution in [2.24, 2.45) is 0 Å². The van der Waals surface area contributed by atoms with Gasteiger partial charge in [-0.2, -0.15) is 13.2 Å². The fourth-order valence-corrected chi connectivity index (χ4v) is 2.47.